The van der Waals surface area contributed by atoms with Gasteiger partial charge in [0.15, 0.2) is 6.61 Å². The number of carbonyl (C=O) groups is 2. The summed E-state index contributed by atoms with van der Waals surface area (Å²) in [6.07, 6.45) is 0.132. The molecule has 0 unspecified atom stereocenters. The van der Waals surface area contributed by atoms with Crippen LogP contribution in [0.3, 0.4) is 0 Å². The molecule has 0 fully saturated rings. The highest BCUT2D eigenvalue weighted by atomic mass is 16.5. The normalized spacial score (nSPS) is 12.5. The van der Waals surface area contributed by atoms with Crippen molar-refractivity contribution in [3.05, 3.63) is 29.8 Å². The van der Waals surface area contributed by atoms with E-state index >= 15 is 0 Å². The Kier molecular flexibility index (Phi) is 7.36. The van der Waals surface area contributed by atoms with Gasteiger partial charge < -0.3 is 10.1 Å². The molecule has 0 saturated carbocycles. The monoisotopic (exact) mass is 361 g/mol. The fourth-order valence-corrected chi connectivity index (χ4v) is 2.12. The summed E-state index contributed by atoms with van der Waals surface area (Å²) < 4.78 is 5.45. The first kappa shape index (κ1) is 21.7. The molecule has 26 heavy (non-hydrogen) atoms. The second-order valence-corrected chi connectivity index (χ2v) is 8.42. The summed E-state index contributed by atoms with van der Waals surface area (Å²) in [5, 5.41) is 6.77. The minimum atomic E-state index is -0.375. The molecule has 0 bridgehead atoms. The van der Waals surface area contributed by atoms with Gasteiger partial charge in [0.25, 0.3) is 5.91 Å². The fourth-order valence-electron chi connectivity index (χ4n) is 2.12. The van der Waals surface area contributed by atoms with E-state index in [4.69, 9.17) is 4.74 Å². The third-order valence-corrected chi connectivity index (χ3v) is 3.39. The average molecular weight is 361 g/mol. The third-order valence-electron chi connectivity index (χ3n) is 3.39. The number of benzene rings is 1. The zero-order valence-corrected chi connectivity index (χ0v) is 16.9. The van der Waals surface area contributed by atoms with E-state index in [9.17, 15) is 9.59 Å². The summed E-state index contributed by atoms with van der Waals surface area (Å²) in [5.74, 6) is 0.113. The molecule has 6 nitrogen and oxygen atoms in total. The van der Waals surface area contributed by atoms with Crippen molar-refractivity contribution in [1.82, 2.24) is 10.7 Å². The molecule has 0 aromatic heterocycles. The van der Waals surface area contributed by atoms with Crippen molar-refractivity contribution in [3.63, 3.8) is 0 Å². The van der Waals surface area contributed by atoms with Gasteiger partial charge in [0.05, 0.1) is 6.42 Å². The fraction of sp³-hybridized carbons (Fsp3) is 0.550. The Bertz CT molecular complexity index is 650. The quantitative estimate of drug-likeness (QED) is 0.603. The van der Waals surface area contributed by atoms with Crippen LogP contribution < -0.4 is 15.5 Å². The van der Waals surface area contributed by atoms with Crippen molar-refractivity contribution < 1.29 is 14.3 Å². The Hall–Kier alpha value is -2.37. The average Bonchev–Trinajstić information content (AvgIpc) is 2.48. The van der Waals surface area contributed by atoms with Crippen LogP contribution in [0.5, 0.6) is 5.75 Å². The molecule has 2 amide bonds. The second-order valence-electron chi connectivity index (χ2n) is 8.42. The van der Waals surface area contributed by atoms with Gasteiger partial charge in [0.1, 0.15) is 5.75 Å². The summed E-state index contributed by atoms with van der Waals surface area (Å²) in [4.78, 5) is 23.6. The van der Waals surface area contributed by atoms with Crippen molar-refractivity contribution in [2.45, 2.75) is 65.8 Å². The zero-order chi connectivity index (χ0) is 20.0. The van der Waals surface area contributed by atoms with E-state index in [0.29, 0.717) is 11.5 Å². The highest BCUT2D eigenvalue weighted by Gasteiger charge is 2.15. The molecule has 0 heterocycles. The molecule has 0 atom stereocenters. The molecule has 0 spiro atoms. The molecule has 0 aliphatic carbocycles. The Labute approximate surface area is 156 Å². The van der Waals surface area contributed by atoms with E-state index in [2.05, 4.69) is 36.6 Å². The number of nitrogens with one attached hydrogen (secondary N) is 2. The van der Waals surface area contributed by atoms with Gasteiger partial charge >= 0.3 is 0 Å². The van der Waals surface area contributed by atoms with Gasteiger partial charge in [-0.25, -0.2) is 5.43 Å². The summed E-state index contributed by atoms with van der Waals surface area (Å²) in [5.41, 5.74) is 3.90. The number of hydrogen-bond donors (Lipinski definition) is 2. The van der Waals surface area contributed by atoms with Crippen LogP contribution in [0.1, 0.15) is 60.5 Å². The van der Waals surface area contributed by atoms with Crippen LogP contribution in [-0.4, -0.2) is 29.7 Å². The maximum Gasteiger partial charge on any atom is 0.277 e. The number of ether oxygens (including phenoxy) is 1. The predicted molar refractivity (Wildman–Crippen MR) is 104 cm³/mol. The minimum Gasteiger partial charge on any atom is -0.484 e. The SMILES string of the molecule is C/C(CC(=O)NC(C)(C)C)=N\NC(=O)COc1ccc(C(C)(C)C)cc1. The van der Waals surface area contributed by atoms with Gasteiger partial charge in [-0.2, -0.15) is 5.10 Å². The van der Waals surface area contributed by atoms with Crippen molar-refractivity contribution >= 4 is 17.5 Å². The van der Waals surface area contributed by atoms with Crippen LogP contribution in [0.4, 0.5) is 0 Å². The lowest BCUT2D eigenvalue weighted by atomic mass is 9.87. The van der Waals surface area contributed by atoms with Crippen molar-refractivity contribution in [2.75, 3.05) is 6.61 Å². The number of carbonyl (C=O) groups excluding carboxylic acids is 2. The van der Waals surface area contributed by atoms with Crippen LogP contribution >= 0.6 is 0 Å². The Morgan fingerprint density at radius 3 is 2.08 bits per heavy atom. The van der Waals surface area contributed by atoms with Crippen molar-refractivity contribution in [1.29, 1.82) is 0 Å². The molecule has 0 aliphatic heterocycles. The molecule has 1 rings (SSSR count). The van der Waals surface area contributed by atoms with Crippen molar-refractivity contribution in [2.24, 2.45) is 5.10 Å². The Morgan fingerprint density at radius 2 is 1.58 bits per heavy atom. The Balaban J connectivity index is 2.43. The Morgan fingerprint density at radius 1 is 1.00 bits per heavy atom. The molecular weight excluding hydrogens is 330 g/mol. The first-order chi connectivity index (χ1) is 11.9. The first-order valence-electron chi connectivity index (χ1n) is 8.73. The molecule has 6 heteroatoms. The second kappa shape index (κ2) is 8.83. The highest BCUT2D eigenvalue weighted by molar-refractivity contribution is 6.00. The van der Waals surface area contributed by atoms with Gasteiger partial charge in [-0.3, -0.25) is 9.59 Å². The third kappa shape index (κ3) is 8.65. The van der Waals surface area contributed by atoms with Gasteiger partial charge in [0.2, 0.25) is 5.91 Å². The maximum atomic E-state index is 11.8. The lowest BCUT2D eigenvalue weighted by Crippen LogP contribution is -2.41. The number of amides is 2. The van der Waals surface area contributed by atoms with Gasteiger partial charge in [0, 0.05) is 11.3 Å². The largest absolute Gasteiger partial charge is 0.484 e. The van der Waals surface area contributed by atoms with Gasteiger partial charge in [-0.1, -0.05) is 32.9 Å². The predicted octanol–water partition coefficient (Wildman–Crippen LogP) is 3.16. The van der Waals surface area contributed by atoms with E-state index in [1.165, 1.54) is 5.56 Å². The summed E-state index contributed by atoms with van der Waals surface area (Å²) >= 11 is 0. The van der Waals surface area contributed by atoms with Crippen LogP contribution in [0, 0.1) is 0 Å². The summed E-state index contributed by atoms with van der Waals surface area (Å²) in [6, 6.07) is 7.67. The lowest BCUT2D eigenvalue weighted by Gasteiger charge is -2.20. The van der Waals surface area contributed by atoms with Gasteiger partial charge in [-0.05, 0) is 50.8 Å². The van der Waals surface area contributed by atoms with Crippen molar-refractivity contribution in [3.8, 4) is 5.75 Å². The number of nitrogens with zero attached hydrogens (tertiary/aromatic N) is 1. The topological polar surface area (TPSA) is 79.8 Å². The molecule has 2 N–H and O–H groups in total. The first-order valence-corrected chi connectivity index (χ1v) is 8.73. The van der Waals surface area contributed by atoms with E-state index < -0.39 is 0 Å². The standard InChI is InChI=1S/C20H31N3O3/c1-14(12-17(24)21-20(5,6)7)22-23-18(25)13-26-16-10-8-15(9-11-16)19(2,3)4/h8-11H,12-13H2,1-7H3,(H,21,24)(H,23,25)/b22-14+. The van der Waals surface area contributed by atoms with E-state index in [0.717, 1.165) is 0 Å². The zero-order valence-electron chi connectivity index (χ0n) is 16.9. The molecule has 0 saturated heterocycles. The van der Waals surface area contributed by atoms with Crippen LogP contribution in [0.15, 0.2) is 29.4 Å². The van der Waals surface area contributed by atoms with Crippen LogP contribution in [0.25, 0.3) is 0 Å². The number of hydrazone groups is 1. The maximum absolute atomic E-state index is 11.8. The molecule has 1 aromatic rings. The summed E-state index contributed by atoms with van der Waals surface area (Å²) in [7, 11) is 0. The number of hydrogen-bond acceptors (Lipinski definition) is 4. The molecule has 144 valence electrons. The molecule has 1 aromatic carbocycles. The number of rotatable bonds is 6. The van der Waals surface area contributed by atoms with Gasteiger partial charge in [-0.15, -0.1) is 0 Å². The van der Waals surface area contributed by atoms with Crippen LogP contribution in [-0.2, 0) is 15.0 Å². The van der Waals surface area contributed by atoms with E-state index in [1.54, 1.807) is 6.92 Å². The smallest absolute Gasteiger partial charge is 0.277 e. The van der Waals surface area contributed by atoms with E-state index in [1.807, 2.05) is 45.0 Å². The highest BCUT2D eigenvalue weighted by Crippen LogP contribution is 2.24. The van der Waals surface area contributed by atoms with E-state index in [-0.39, 0.29) is 35.8 Å². The lowest BCUT2D eigenvalue weighted by molar-refractivity contribution is -0.123. The minimum absolute atomic E-state index is 0.0709. The molecule has 0 aliphatic rings. The molecule has 0 radical (unpaired) electrons. The van der Waals surface area contributed by atoms with Crippen LogP contribution in [0.2, 0.25) is 0 Å². The molecular formula is C20H31N3O3. The summed E-state index contributed by atoms with van der Waals surface area (Å²) in [6.45, 7) is 13.7.